The van der Waals surface area contributed by atoms with Crippen molar-refractivity contribution < 1.29 is 38.0 Å². The summed E-state index contributed by atoms with van der Waals surface area (Å²) in [7, 11) is 0. The molecule has 6 rings (SSSR count). The van der Waals surface area contributed by atoms with Gasteiger partial charge in [0.15, 0.2) is 6.10 Å². The van der Waals surface area contributed by atoms with E-state index in [0.717, 1.165) is 35.8 Å². The second-order valence-corrected chi connectivity index (χ2v) is 14.3. The molecule has 0 N–H and O–H groups in total. The van der Waals surface area contributed by atoms with Crippen LogP contribution in [0.4, 0.5) is 0 Å². The van der Waals surface area contributed by atoms with Crippen LogP contribution in [0, 0.1) is 0 Å². The number of benzene rings is 4. The van der Waals surface area contributed by atoms with E-state index in [1.807, 2.05) is 48.5 Å². The highest BCUT2D eigenvalue weighted by Gasteiger charge is 2.27. The predicted molar refractivity (Wildman–Crippen MR) is 196 cm³/mol. The molecule has 2 saturated heterocycles. The zero-order valence-corrected chi connectivity index (χ0v) is 30.2. The molecule has 0 aliphatic carbocycles. The number of rotatable bonds is 18. The van der Waals surface area contributed by atoms with Gasteiger partial charge in [0.1, 0.15) is 61.6 Å². The fraction of sp³-hybridized carbons (Fsp3) is 0.372. The molecular weight excluding hydrogens is 644 g/mol. The van der Waals surface area contributed by atoms with E-state index < -0.39 is 12.1 Å². The lowest BCUT2D eigenvalue weighted by atomic mass is 9.78. The zero-order valence-electron chi connectivity index (χ0n) is 30.2. The van der Waals surface area contributed by atoms with Gasteiger partial charge in [-0.2, -0.15) is 0 Å². The van der Waals surface area contributed by atoms with E-state index in [4.69, 9.17) is 33.2 Å². The van der Waals surface area contributed by atoms with Crippen molar-refractivity contribution in [3.63, 3.8) is 0 Å². The maximum absolute atomic E-state index is 12.5. The van der Waals surface area contributed by atoms with Crippen molar-refractivity contribution in [2.75, 3.05) is 39.6 Å². The SMILES string of the molecule is C=C(C)C(=O)OC(COc1ccc(C(C)(C)c2ccc(OCC3CO3)cc2)cc1)COc1ccc(C(C)(C)c2ccc(OCC3CO3)cc2)cc1. The molecule has 0 amide bonds. The van der Waals surface area contributed by atoms with Gasteiger partial charge < -0.3 is 33.2 Å². The lowest BCUT2D eigenvalue weighted by Gasteiger charge is -2.27. The zero-order chi connectivity index (χ0) is 36.0. The summed E-state index contributed by atoms with van der Waals surface area (Å²) in [5, 5.41) is 0. The van der Waals surface area contributed by atoms with Gasteiger partial charge in [-0.05, 0) is 77.7 Å². The van der Waals surface area contributed by atoms with E-state index in [2.05, 4.69) is 82.8 Å². The van der Waals surface area contributed by atoms with E-state index in [1.54, 1.807) is 6.92 Å². The molecule has 0 spiro atoms. The number of carbonyl (C=O) groups is 1. The number of hydrogen-bond donors (Lipinski definition) is 0. The standard InChI is InChI=1S/C43H48O8/c1-29(2)41(44)51-40(27-47-36-19-11-32(12-20-36)42(3,4)30-7-15-34(16-8-30)45-23-38-25-49-38)28-48-37-21-13-33(14-22-37)43(5,6)31-9-17-35(18-10-31)46-24-39-26-50-39/h7-22,38-40H,1,23-28H2,2-6H3. The lowest BCUT2D eigenvalue weighted by Crippen LogP contribution is -2.31. The highest BCUT2D eigenvalue weighted by Crippen LogP contribution is 2.35. The summed E-state index contributed by atoms with van der Waals surface area (Å²) in [6, 6.07) is 32.4. The van der Waals surface area contributed by atoms with Gasteiger partial charge in [0, 0.05) is 16.4 Å². The van der Waals surface area contributed by atoms with Crippen molar-refractivity contribution in [3.8, 4) is 23.0 Å². The highest BCUT2D eigenvalue weighted by atomic mass is 16.6. The second-order valence-electron chi connectivity index (χ2n) is 14.3. The molecule has 2 aliphatic rings. The normalized spacial score (nSPS) is 17.2. The third-order valence-electron chi connectivity index (χ3n) is 9.47. The Morgan fingerprint density at radius 2 is 0.902 bits per heavy atom. The molecule has 2 unspecified atom stereocenters. The smallest absolute Gasteiger partial charge is 0.333 e. The Kier molecular flexibility index (Phi) is 11.0. The van der Waals surface area contributed by atoms with Crippen molar-refractivity contribution in [1.29, 1.82) is 0 Å². The summed E-state index contributed by atoms with van der Waals surface area (Å²) in [5.41, 5.74) is 4.46. The largest absolute Gasteiger partial charge is 0.491 e. The molecule has 2 fully saturated rings. The average molecular weight is 693 g/mol. The summed E-state index contributed by atoms with van der Waals surface area (Å²) in [6.07, 6.45) is -0.203. The number of ether oxygens (including phenoxy) is 7. The van der Waals surface area contributed by atoms with Crippen LogP contribution < -0.4 is 18.9 Å². The number of hydrogen-bond acceptors (Lipinski definition) is 8. The van der Waals surface area contributed by atoms with Gasteiger partial charge in [0.05, 0.1) is 13.2 Å². The fourth-order valence-corrected chi connectivity index (χ4v) is 5.66. The van der Waals surface area contributed by atoms with E-state index in [9.17, 15) is 4.79 Å². The molecule has 2 aliphatic heterocycles. The van der Waals surface area contributed by atoms with Gasteiger partial charge in [-0.15, -0.1) is 0 Å². The van der Waals surface area contributed by atoms with Crippen LogP contribution in [0.5, 0.6) is 23.0 Å². The fourth-order valence-electron chi connectivity index (χ4n) is 5.66. The first-order valence-corrected chi connectivity index (χ1v) is 17.5. The van der Waals surface area contributed by atoms with Crippen molar-refractivity contribution in [2.24, 2.45) is 0 Å². The first-order valence-electron chi connectivity index (χ1n) is 17.5. The molecule has 0 saturated carbocycles. The Morgan fingerprint density at radius 1 is 0.608 bits per heavy atom. The molecule has 2 atom stereocenters. The van der Waals surface area contributed by atoms with Crippen LogP contribution in [0.25, 0.3) is 0 Å². The van der Waals surface area contributed by atoms with E-state index >= 15 is 0 Å². The van der Waals surface area contributed by atoms with E-state index in [0.29, 0.717) is 30.3 Å². The van der Waals surface area contributed by atoms with E-state index in [1.165, 1.54) is 11.1 Å². The van der Waals surface area contributed by atoms with Crippen molar-refractivity contribution in [1.82, 2.24) is 0 Å². The minimum atomic E-state index is -0.652. The van der Waals surface area contributed by atoms with Gasteiger partial charge in [0.2, 0.25) is 0 Å². The molecule has 8 heteroatoms. The Hall–Kier alpha value is -4.79. The number of epoxide rings is 2. The molecule has 4 aromatic carbocycles. The monoisotopic (exact) mass is 692 g/mol. The van der Waals surface area contributed by atoms with Crippen LogP contribution in [0.3, 0.4) is 0 Å². The molecular formula is C43H48O8. The minimum absolute atomic E-state index is 0.119. The molecule has 51 heavy (non-hydrogen) atoms. The summed E-state index contributed by atoms with van der Waals surface area (Å²) in [4.78, 5) is 12.5. The Labute approximate surface area is 301 Å². The van der Waals surface area contributed by atoms with Crippen LogP contribution in [0.2, 0.25) is 0 Å². The first-order chi connectivity index (χ1) is 24.5. The Morgan fingerprint density at radius 3 is 1.18 bits per heavy atom. The van der Waals surface area contributed by atoms with Crippen molar-refractivity contribution in [3.05, 3.63) is 131 Å². The maximum Gasteiger partial charge on any atom is 0.333 e. The van der Waals surface area contributed by atoms with Gasteiger partial charge in [-0.1, -0.05) is 82.8 Å². The summed E-state index contributed by atoms with van der Waals surface area (Å²) < 4.78 is 39.9. The summed E-state index contributed by atoms with van der Waals surface area (Å²) in [5.74, 6) is 2.52. The molecule has 2 heterocycles. The molecule has 4 aromatic rings. The second kappa shape index (κ2) is 15.6. The number of carbonyl (C=O) groups excluding carboxylic acids is 1. The quantitative estimate of drug-likeness (QED) is 0.0593. The third kappa shape index (κ3) is 9.72. The van der Waals surface area contributed by atoms with Gasteiger partial charge in [0.25, 0.3) is 0 Å². The molecule has 268 valence electrons. The lowest BCUT2D eigenvalue weighted by molar-refractivity contribution is -0.147. The van der Waals surface area contributed by atoms with Gasteiger partial charge >= 0.3 is 5.97 Å². The average Bonchev–Trinajstić information content (AvgIpc) is 4.08. The van der Waals surface area contributed by atoms with Crippen LogP contribution >= 0.6 is 0 Å². The Balaban J connectivity index is 1.03. The van der Waals surface area contributed by atoms with Gasteiger partial charge in [-0.25, -0.2) is 4.79 Å². The van der Waals surface area contributed by atoms with Crippen LogP contribution in [0.1, 0.15) is 56.9 Å². The topological polar surface area (TPSA) is 88.3 Å². The van der Waals surface area contributed by atoms with Crippen LogP contribution in [-0.4, -0.2) is 63.9 Å². The molecule has 0 bridgehead atoms. The first kappa shape index (κ1) is 36.0. The predicted octanol–water partition coefficient (Wildman–Crippen LogP) is 7.84. The third-order valence-corrected chi connectivity index (χ3v) is 9.47. The van der Waals surface area contributed by atoms with Crippen molar-refractivity contribution in [2.45, 2.75) is 63.8 Å². The number of esters is 1. The van der Waals surface area contributed by atoms with Crippen LogP contribution in [0.15, 0.2) is 109 Å². The molecule has 0 aromatic heterocycles. The molecule has 8 nitrogen and oxygen atoms in total. The minimum Gasteiger partial charge on any atom is -0.491 e. The van der Waals surface area contributed by atoms with Crippen molar-refractivity contribution >= 4 is 5.97 Å². The molecule has 0 radical (unpaired) electrons. The highest BCUT2D eigenvalue weighted by molar-refractivity contribution is 5.87. The van der Waals surface area contributed by atoms with Gasteiger partial charge in [-0.3, -0.25) is 0 Å². The Bertz CT molecular complexity index is 1630. The maximum atomic E-state index is 12.5. The summed E-state index contributed by atoms with van der Waals surface area (Å²) >= 11 is 0. The van der Waals surface area contributed by atoms with E-state index in [-0.39, 0.29) is 36.3 Å². The summed E-state index contributed by atoms with van der Waals surface area (Å²) in [6.45, 7) is 17.1. The van der Waals surface area contributed by atoms with Crippen LogP contribution in [-0.2, 0) is 29.8 Å².